The lowest BCUT2D eigenvalue weighted by molar-refractivity contribution is 0.249. The Bertz CT molecular complexity index is 1280. The van der Waals surface area contributed by atoms with Gasteiger partial charge in [0.1, 0.15) is 16.2 Å². The molecule has 4 aromatic rings. The summed E-state index contributed by atoms with van der Waals surface area (Å²) < 4.78 is 26.3. The average Bonchev–Trinajstić information content (AvgIpc) is 3.25. The maximum atomic E-state index is 13.1. The Morgan fingerprint density at radius 2 is 1.52 bits per heavy atom. The highest BCUT2D eigenvalue weighted by molar-refractivity contribution is 7.91. The van der Waals surface area contributed by atoms with Crippen LogP contribution >= 0.6 is 0 Å². The molecule has 0 unspecified atom stereocenters. The molecule has 1 aliphatic rings. The normalized spacial score (nSPS) is 15.4. The number of aromatic amines is 1. The van der Waals surface area contributed by atoms with Gasteiger partial charge < -0.3 is 9.88 Å². The monoisotopic (exact) mass is 432 g/mol. The van der Waals surface area contributed by atoms with Gasteiger partial charge in [0.15, 0.2) is 0 Å². The van der Waals surface area contributed by atoms with E-state index in [1.807, 2.05) is 24.3 Å². The molecule has 0 atom stereocenters. The standard InChI is InChI=1S/C24H24N4O2S/c29-31(30,20-9-5-2-6-10-20)22-17-25-21-11-12-23(26-24(21)22)28-15-13-27(14-16-28)18-19-7-3-1-4-8-19/h1-12,17,25H,13-16,18H2. The molecule has 31 heavy (non-hydrogen) atoms. The highest BCUT2D eigenvalue weighted by Crippen LogP contribution is 2.29. The summed E-state index contributed by atoms with van der Waals surface area (Å²) in [6.07, 6.45) is 1.54. The molecule has 1 fully saturated rings. The third-order valence-electron chi connectivity index (χ3n) is 5.76. The van der Waals surface area contributed by atoms with Crippen LogP contribution in [0.2, 0.25) is 0 Å². The van der Waals surface area contributed by atoms with Crippen LogP contribution in [0, 0.1) is 0 Å². The van der Waals surface area contributed by atoms with E-state index in [4.69, 9.17) is 4.98 Å². The fraction of sp³-hybridized carbons (Fsp3) is 0.208. The van der Waals surface area contributed by atoms with E-state index < -0.39 is 9.84 Å². The Hall–Kier alpha value is -3.16. The second-order valence-electron chi connectivity index (χ2n) is 7.78. The van der Waals surface area contributed by atoms with Gasteiger partial charge in [-0.3, -0.25) is 4.90 Å². The lowest BCUT2D eigenvalue weighted by Crippen LogP contribution is -2.46. The molecule has 0 amide bonds. The molecule has 0 bridgehead atoms. The van der Waals surface area contributed by atoms with Crippen LogP contribution in [-0.2, 0) is 16.4 Å². The van der Waals surface area contributed by atoms with Gasteiger partial charge in [0.2, 0.25) is 9.84 Å². The number of rotatable bonds is 5. The van der Waals surface area contributed by atoms with E-state index in [2.05, 4.69) is 39.0 Å². The number of anilines is 1. The van der Waals surface area contributed by atoms with Crippen molar-refractivity contribution in [2.24, 2.45) is 0 Å². The third-order valence-corrected chi connectivity index (χ3v) is 7.54. The lowest BCUT2D eigenvalue weighted by atomic mass is 10.2. The maximum Gasteiger partial charge on any atom is 0.210 e. The van der Waals surface area contributed by atoms with Crippen molar-refractivity contribution in [3.63, 3.8) is 0 Å². The zero-order valence-electron chi connectivity index (χ0n) is 17.1. The summed E-state index contributed by atoms with van der Waals surface area (Å²) in [5, 5.41) is 0. The molecule has 1 saturated heterocycles. The summed E-state index contributed by atoms with van der Waals surface area (Å²) in [4.78, 5) is 13.0. The SMILES string of the molecule is O=S(=O)(c1ccccc1)c1c[nH]c2ccc(N3CCN(Cc4ccccc4)CC3)nc12. The Balaban J connectivity index is 1.37. The summed E-state index contributed by atoms with van der Waals surface area (Å²) in [7, 11) is -3.63. The van der Waals surface area contributed by atoms with Crippen LogP contribution in [0.3, 0.4) is 0 Å². The quantitative estimate of drug-likeness (QED) is 0.521. The van der Waals surface area contributed by atoms with Gasteiger partial charge in [-0.25, -0.2) is 13.4 Å². The number of H-pyrrole nitrogens is 1. The molecule has 0 saturated carbocycles. The fourth-order valence-corrected chi connectivity index (χ4v) is 5.44. The van der Waals surface area contributed by atoms with Gasteiger partial charge in [-0.05, 0) is 29.8 Å². The van der Waals surface area contributed by atoms with Crippen molar-refractivity contribution in [1.82, 2.24) is 14.9 Å². The molecule has 2 aromatic heterocycles. The zero-order chi connectivity index (χ0) is 21.3. The fourth-order valence-electron chi connectivity index (χ4n) is 4.05. The summed E-state index contributed by atoms with van der Waals surface area (Å²) in [6.45, 7) is 4.54. The van der Waals surface area contributed by atoms with Crippen LogP contribution in [0.1, 0.15) is 5.56 Å². The molecule has 0 radical (unpaired) electrons. The second-order valence-corrected chi connectivity index (χ2v) is 9.70. The van der Waals surface area contributed by atoms with Crippen molar-refractivity contribution < 1.29 is 8.42 Å². The molecule has 0 spiro atoms. The summed E-state index contributed by atoms with van der Waals surface area (Å²) in [6, 6.07) is 22.9. The topological polar surface area (TPSA) is 69.3 Å². The maximum absolute atomic E-state index is 13.1. The number of hydrogen-bond acceptors (Lipinski definition) is 5. The predicted molar refractivity (Wildman–Crippen MR) is 122 cm³/mol. The van der Waals surface area contributed by atoms with E-state index >= 15 is 0 Å². The van der Waals surface area contributed by atoms with E-state index in [1.165, 1.54) is 5.56 Å². The molecule has 3 heterocycles. The number of benzene rings is 2. The number of pyridine rings is 1. The van der Waals surface area contributed by atoms with Gasteiger partial charge in [0, 0.05) is 38.9 Å². The van der Waals surface area contributed by atoms with Crippen LogP contribution in [0.4, 0.5) is 5.82 Å². The van der Waals surface area contributed by atoms with Crippen LogP contribution in [0.15, 0.2) is 88.8 Å². The first-order valence-electron chi connectivity index (χ1n) is 10.4. The number of sulfone groups is 1. The second kappa shape index (κ2) is 8.17. The van der Waals surface area contributed by atoms with Gasteiger partial charge in [-0.2, -0.15) is 0 Å². The molecule has 5 rings (SSSR count). The number of nitrogens with zero attached hydrogens (tertiary/aromatic N) is 3. The predicted octanol–water partition coefficient (Wildman–Crippen LogP) is 3.72. The molecule has 0 aliphatic carbocycles. The highest BCUT2D eigenvalue weighted by atomic mass is 32.2. The summed E-state index contributed by atoms with van der Waals surface area (Å²) >= 11 is 0. The first kappa shape index (κ1) is 19.8. The zero-order valence-corrected chi connectivity index (χ0v) is 17.9. The van der Waals surface area contributed by atoms with Crippen molar-refractivity contribution in [3.05, 3.63) is 84.6 Å². The number of nitrogens with one attached hydrogen (secondary N) is 1. The van der Waals surface area contributed by atoms with Crippen molar-refractivity contribution in [1.29, 1.82) is 0 Å². The molecule has 1 N–H and O–H groups in total. The minimum atomic E-state index is -3.63. The van der Waals surface area contributed by atoms with Crippen molar-refractivity contribution in [3.8, 4) is 0 Å². The minimum absolute atomic E-state index is 0.221. The lowest BCUT2D eigenvalue weighted by Gasteiger charge is -2.35. The third kappa shape index (κ3) is 3.94. The van der Waals surface area contributed by atoms with E-state index in [0.717, 1.165) is 44.1 Å². The largest absolute Gasteiger partial charge is 0.359 e. The smallest absolute Gasteiger partial charge is 0.210 e. The van der Waals surface area contributed by atoms with Gasteiger partial charge >= 0.3 is 0 Å². The summed E-state index contributed by atoms with van der Waals surface area (Å²) in [5.41, 5.74) is 2.53. The van der Waals surface area contributed by atoms with Crippen molar-refractivity contribution in [2.45, 2.75) is 16.3 Å². The minimum Gasteiger partial charge on any atom is -0.359 e. The molecule has 2 aromatic carbocycles. The Morgan fingerprint density at radius 3 is 2.23 bits per heavy atom. The molecule has 158 valence electrons. The Morgan fingerprint density at radius 1 is 0.839 bits per heavy atom. The number of aromatic nitrogens is 2. The average molecular weight is 433 g/mol. The van der Waals surface area contributed by atoms with Gasteiger partial charge in [0.05, 0.1) is 10.4 Å². The van der Waals surface area contributed by atoms with Crippen LogP contribution < -0.4 is 4.90 Å². The van der Waals surface area contributed by atoms with Crippen molar-refractivity contribution in [2.75, 3.05) is 31.1 Å². The molecular weight excluding hydrogens is 408 g/mol. The molecule has 7 heteroatoms. The van der Waals surface area contributed by atoms with Gasteiger partial charge in [0.25, 0.3) is 0 Å². The molecular formula is C24H24N4O2S. The highest BCUT2D eigenvalue weighted by Gasteiger charge is 2.24. The Kier molecular flexibility index (Phi) is 5.21. The first-order valence-corrected chi connectivity index (χ1v) is 11.9. The van der Waals surface area contributed by atoms with E-state index in [9.17, 15) is 8.42 Å². The van der Waals surface area contributed by atoms with Crippen LogP contribution in [0.5, 0.6) is 0 Å². The number of hydrogen-bond donors (Lipinski definition) is 1. The Labute approximate surface area is 182 Å². The van der Waals surface area contributed by atoms with E-state index in [0.29, 0.717) is 5.52 Å². The van der Waals surface area contributed by atoms with Gasteiger partial charge in [-0.15, -0.1) is 0 Å². The first-order chi connectivity index (χ1) is 15.1. The van der Waals surface area contributed by atoms with Crippen molar-refractivity contribution >= 4 is 26.7 Å². The molecule has 6 nitrogen and oxygen atoms in total. The number of fused-ring (bicyclic) bond motifs is 1. The van der Waals surface area contributed by atoms with Crippen LogP contribution in [-0.4, -0.2) is 49.5 Å². The summed E-state index contributed by atoms with van der Waals surface area (Å²) in [5.74, 6) is 0.816. The van der Waals surface area contributed by atoms with Gasteiger partial charge in [-0.1, -0.05) is 48.5 Å². The number of piperazine rings is 1. The molecule has 1 aliphatic heterocycles. The van der Waals surface area contributed by atoms with E-state index in [-0.39, 0.29) is 9.79 Å². The van der Waals surface area contributed by atoms with E-state index in [1.54, 1.807) is 30.5 Å². The van der Waals surface area contributed by atoms with Crippen LogP contribution in [0.25, 0.3) is 11.0 Å².